The summed E-state index contributed by atoms with van der Waals surface area (Å²) in [7, 11) is 1.96. The largest absolute Gasteiger partial charge is 0.375 e. The van der Waals surface area contributed by atoms with E-state index in [1.165, 1.54) is 4.57 Å². The molecule has 0 atom stereocenters. The lowest BCUT2D eigenvalue weighted by molar-refractivity contribution is -0.116. The van der Waals surface area contributed by atoms with Crippen LogP contribution in [0.3, 0.4) is 0 Å². The zero-order valence-corrected chi connectivity index (χ0v) is 15.8. The van der Waals surface area contributed by atoms with Crippen LogP contribution >= 0.6 is 11.8 Å². The molecule has 0 bridgehead atoms. The third-order valence-electron chi connectivity index (χ3n) is 4.16. The lowest BCUT2D eigenvalue weighted by Gasteiger charge is -2.18. The van der Waals surface area contributed by atoms with E-state index in [1.54, 1.807) is 30.3 Å². The molecule has 0 unspecified atom stereocenters. The number of imidazole rings is 1. The molecule has 0 aliphatic carbocycles. The van der Waals surface area contributed by atoms with Crippen molar-refractivity contribution in [1.29, 1.82) is 0 Å². The summed E-state index contributed by atoms with van der Waals surface area (Å²) in [6.45, 7) is 2.79. The van der Waals surface area contributed by atoms with Gasteiger partial charge in [-0.05, 0) is 49.0 Å². The number of amides is 1. The first-order valence-corrected chi connectivity index (χ1v) is 9.37. The van der Waals surface area contributed by atoms with E-state index in [1.807, 2.05) is 32.2 Å². The van der Waals surface area contributed by atoms with Gasteiger partial charge in [-0.2, -0.15) is 8.78 Å². The van der Waals surface area contributed by atoms with Crippen LogP contribution in [0.15, 0.2) is 53.7 Å². The zero-order chi connectivity index (χ0) is 19.4. The Bertz CT molecular complexity index is 944. The third-order valence-corrected chi connectivity index (χ3v) is 4.86. The number of nitrogens with one attached hydrogen (secondary N) is 1. The molecule has 5 nitrogen and oxygen atoms in total. The highest BCUT2D eigenvalue weighted by Crippen LogP contribution is 2.28. The summed E-state index contributed by atoms with van der Waals surface area (Å²) in [5, 5.41) is 2.96. The van der Waals surface area contributed by atoms with E-state index in [9.17, 15) is 13.6 Å². The van der Waals surface area contributed by atoms with Crippen molar-refractivity contribution in [2.24, 2.45) is 0 Å². The van der Waals surface area contributed by atoms with Crippen LogP contribution in [0.1, 0.15) is 6.92 Å². The average molecular weight is 390 g/mol. The van der Waals surface area contributed by atoms with Crippen LogP contribution in [0.2, 0.25) is 0 Å². The Morgan fingerprint density at radius 2 is 2.04 bits per heavy atom. The number of carbonyl (C=O) groups is 1. The van der Waals surface area contributed by atoms with Crippen LogP contribution in [0, 0.1) is 0 Å². The van der Waals surface area contributed by atoms with Crippen molar-refractivity contribution < 1.29 is 13.6 Å². The standard InChI is InChI=1S/C19H20F2N4OS/c1-3-24(2)14-8-6-7-13(11-14)22-17(26)12-25-16-10-5-4-9-15(16)23-19(25)27-18(20)21/h4-11,18H,3,12H2,1-2H3,(H,22,26). The Kier molecular flexibility index (Phi) is 5.95. The van der Waals surface area contributed by atoms with Crippen molar-refractivity contribution >= 4 is 40.1 Å². The number of alkyl halides is 2. The second-order valence-corrected chi connectivity index (χ2v) is 6.92. The first-order chi connectivity index (χ1) is 13.0. The maximum Gasteiger partial charge on any atom is 0.291 e. The molecule has 0 aliphatic rings. The van der Waals surface area contributed by atoms with E-state index >= 15 is 0 Å². The molecule has 0 saturated carbocycles. The molecule has 1 aromatic heterocycles. The Hall–Kier alpha value is -2.61. The van der Waals surface area contributed by atoms with Crippen LogP contribution in [-0.4, -0.2) is 34.8 Å². The predicted octanol–water partition coefficient (Wildman–Crippen LogP) is 4.45. The van der Waals surface area contributed by atoms with E-state index in [4.69, 9.17) is 0 Å². The number of halogens is 2. The fourth-order valence-electron chi connectivity index (χ4n) is 2.72. The number of nitrogens with zero attached hydrogens (tertiary/aromatic N) is 3. The number of para-hydroxylation sites is 2. The van der Waals surface area contributed by atoms with Gasteiger partial charge in [0.25, 0.3) is 5.76 Å². The van der Waals surface area contributed by atoms with Crippen molar-refractivity contribution in [3.05, 3.63) is 48.5 Å². The van der Waals surface area contributed by atoms with Crippen molar-refractivity contribution in [3.63, 3.8) is 0 Å². The molecule has 0 spiro atoms. The van der Waals surface area contributed by atoms with Gasteiger partial charge < -0.3 is 14.8 Å². The van der Waals surface area contributed by atoms with Crippen LogP contribution in [0.5, 0.6) is 0 Å². The predicted molar refractivity (Wildman–Crippen MR) is 106 cm³/mol. The zero-order valence-electron chi connectivity index (χ0n) is 15.0. The lowest BCUT2D eigenvalue weighted by atomic mass is 10.2. The van der Waals surface area contributed by atoms with Crippen molar-refractivity contribution in [1.82, 2.24) is 9.55 Å². The Morgan fingerprint density at radius 1 is 1.26 bits per heavy atom. The van der Waals surface area contributed by atoms with E-state index in [2.05, 4.69) is 15.2 Å². The van der Waals surface area contributed by atoms with Gasteiger partial charge in [0.1, 0.15) is 6.54 Å². The van der Waals surface area contributed by atoms with Crippen LogP contribution in [0.25, 0.3) is 11.0 Å². The van der Waals surface area contributed by atoms with Crippen molar-refractivity contribution in [3.8, 4) is 0 Å². The SMILES string of the molecule is CCN(C)c1cccc(NC(=O)Cn2c(SC(F)F)nc3ccccc32)c1. The summed E-state index contributed by atoms with van der Waals surface area (Å²) in [6, 6.07) is 14.6. The number of hydrogen-bond acceptors (Lipinski definition) is 4. The molecule has 0 fully saturated rings. The fourth-order valence-corrected chi connectivity index (χ4v) is 3.32. The Morgan fingerprint density at radius 3 is 2.78 bits per heavy atom. The molecular weight excluding hydrogens is 370 g/mol. The van der Waals surface area contributed by atoms with Gasteiger partial charge in [-0.1, -0.05) is 18.2 Å². The van der Waals surface area contributed by atoms with E-state index in [0.29, 0.717) is 28.5 Å². The molecule has 0 aliphatic heterocycles. The number of thioether (sulfide) groups is 1. The molecular formula is C19H20F2N4OS. The normalized spacial score (nSPS) is 11.1. The van der Waals surface area contributed by atoms with E-state index in [-0.39, 0.29) is 17.6 Å². The molecule has 27 heavy (non-hydrogen) atoms. The lowest BCUT2D eigenvalue weighted by Crippen LogP contribution is -2.20. The minimum Gasteiger partial charge on any atom is -0.375 e. The molecule has 0 radical (unpaired) electrons. The van der Waals surface area contributed by atoms with Gasteiger partial charge in [-0.15, -0.1) is 0 Å². The Labute approximate surface area is 160 Å². The summed E-state index contributed by atoms with van der Waals surface area (Å²) < 4.78 is 27.3. The summed E-state index contributed by atoms with van der Waals surface area (Å²) in [6.07, 6.45) is 0. The van der Waals surface area contributed by atoms with Crippen LogP contribution in [-0.2, 0) is 11.3 Å². The summed E-state index contributed by atoms with van der Waals surface area (Å²) in [4.78, 5) is 18.8. The quantitative estimate of drug-likeness (QED) is 0.606. The first kappa shape index (κ1) is 19.2. The number of rotatable bonds is 7. The van der Waals surface area contributed by atoms with E-state index < -0.39 is 5.76 Å². The second-order valence-electron chi connectivity index (χ2n) is 5.96. The highest BCUT2D eigenvalue weighted by Gasteiger charge is 2.18. The van der Waals surface area contributed by atoms with Crippen LogP contribution < -0.4 is 10.2 Å². The van der Waals surface area contributed by atoms with Gasteiger partial charge >= 0.3 is 0 Å². The highest BCUT2D eigenvalue weighted by molar-refractivity contribution is 7.99. The van der Waals surface area contributed by atoms with Crippen molar-refractivity contribution in [2.45, 2.75) is 24.4 Å². The van der Waals surface area contributed by atoms with Gasteiger partial charge in [0.2, 0.25) is 5.91 Å². The molecule has 8 heteroatoms. The molecule has 1 heterocycles. The number of anilines is 2. The van der Waals surface area contributed by atoms with Crippen LogP contribution in [0.4, 0.5) is 20.2 Å². The summed E-state index contributed by atoms with van der Waals surface area (Å²) in [5.74, 6) is -2.91. The molecule has 1 N–H and O–H groups in total. The molecule has 3 rings (SSSR count). The highest BCUT2D eigenvalue weighted by atomic mass is 32.2. The van der Waals surface area contributed by atoms with Gasteiger partial charge in [-0.25, -0.2) is 4.98 Å². The van der Waals surface area contributed by atoms with E-state index in [0.717, 1.165) is 12.2 Å². The monoisotopic (exact) mass is 390 g/mol. The topological polar surface area (TPSA) is 50.2 Å². The number of fused-ring (bicyclic) bond motifs is 1. The summed E-state index contributed by atoms with van der Waals surface area (Å²) >= 11 is 0.340. The maximum absolute atomic E-state index is 12.9. The molecule has 2 aromatic carbocycles. The minimum absolute atomic E-state index is 0.0938. The molecule has 142 valence electrons. The second kappa shape index (κ2) is 8.39. The number of carbonyl (C=O) groups excluding carboxylic acids is 1. The van der Waals surface area contributed by atoms with Gasteiger partial charge in [-0.3, -0.25) is 4.79 Å². The molecule has 3 aromatic rings. The van der Waals surface area contributed by atoms with Crippen molar-refractivity contribution in [2.75, 3.05) is 23.8 Å². The number of benzene rings is 2. The molecule has 1 amide bonds. The Balaban J connectivity index is 1.82. The third kappa shape index (κ3) is 4.57. The smallest absolute Gasteiger partial charge is 0.291 e. The molecule has 0 saturated heterocycles. The average Bonchev–Trinajstić information content (AvgIpc) is 2.97. The van der Waals surface area contributed by atoms with Gasteiger partial charge in [0.15, 0.2) is 5.16 Å². The minimum atomic E-state index is -2.61. The summed E-state index contributed by atoms with van der Waals surface area (Å²) in [5.41, 5.74) is 2.87. The first-order valence-electron chi connectivity index (χ1n) is 8.49. The maximum atomic E-state index is 12.9. The number of aromatic nitrogens is 2. The fraction of sp³-hybridized carbons (Fsp3) is 0.263. The van der Waals surface area contributed by atoms with Gasteiger partial charge in [0, 0.05) is 25.0 Å². The van der Waals surface area contributed by atoms with Gasteiger partial charge in [0.05, 0.1) is 11.0 Å². The number of hydrogen-bond donors (Lipinski definition) is 1.